The third-order valence-electron chi connectivity index (χ3n) is 5.60. The van der Waals surface area contributed by atoms with Gasteiger partial charge in [-0.3, -0.25) is 13.7 Å². The molecule has 0 unspecified atom stereocenters. The summed E-state index contributed by atoms with van der Waals surface area (Å²) < 4.78 is 103. The number of aromatic hydroxyl groups is 2. The lowest BCUT2D eigenvalue weighted by Crippen LogP contribution is -2.00. The van der Waals surface area contributed by atoms with Gasteiger partial charge in [0.15, 0.2) is 11.5 Å². The minimum Gasteiger partial charge on any atom is -0.505 e. The van der Waals surface area contributed by atoms with E-state index in [4.69, 9.17) is 15.5 Å². The summed E-state index contributed by atoms with van der Waals surface area (Å²) in [6.45, 7) is 0. The van der Waals surface area contributed by atoms with Crippen molar-refractivity contribution in [3.8, 4) is 11.5 Å². The number of nitrogens with two attached hydrogens (primary N) is 1. The Labute approximate surface area is 256 Å². The van der Waals surface area contributed by atoms with Crippen LogP contribution in [0.1, 0.15) is 0 Å². The molecule has 0 aliphatic heterocycles. The van der Waals surface area contributed by atoms with E-state index in [1.165, 1.54) is 6.07 Å². The molecule has 238 valence electrons. The highest BCUT2D eigenvalue weighted by molar-refractivity contribution is 7.94. The second kappa shape index (κ2) is 12.6. The van der Waals surface area contributed by atoms with Crippen molar-refractivity contribution in [3.63, 3.8) is 0 Å². The number of hydrogen-bond donors (Lipinski definition) is 7. The minimum absolute atomic E-state index is 0.0597. The first kappa shape index (κ1) is 33.6. The monoisotopic (exact) mass is 703 g/mol. The zero-order valence-corrected chi connectivity index (χ0v) is 24.9. The van der Waals surface area contributed by atoms with Gasteiger partial charge in [0, 0.05) is 5.69 Å². The van der Waals surface area contributed by atoms with E-state index in [1.54, 1.807) is 0 Å². The van der Waals surface area contributed by atoms with E-state index in [1.807, 2.05) is 0 Å². The van der Waals surface area contributed by atoms with Crippen molar-refractivity contribution in [2.75, 3.05) is 5.73 Å². The summed E-state index contributed by atoms with van der Waals surface area (Å²) in [5.41, 5.74) is 3.47. The molecule has 4 aromatic carbocycles. The number of nitrogen functional groups attached to an aromatic ring is 1. The zero-order valence-electron chi connectivity index (χ0n) is 21.6. The lowest BCUT2D eigenvalue weighted by molar-refractivity contribution is -0.432. The maximum absolute atomic E-state index is 12.2. The SMILES string of the molecule is Nc1ccc(N=Nc2c(SOOO)cc3cc(S(=O)(=O)O)c(N=Nc4ccc(S(=O)(=O)O)cc4)c(O)c3c2O)c(S(=O)(=O)O)c1. The van der Waals surface area contributed by atoms with Gasteiger partial charge in [0.1, 0.15) is 26.9 Å². The largest absolute Gasteiger partial charge is 0.505 e. The number of fused-ring (bicyclic) bond motifs is 1. The third-order valence-corrected chi connectivity index (χ3v) is 8.84. The topological polar surface area (TPSA) is 318 Å². The molecular weight excluding hydrogens is 687 g/mol. The quantitative estimate of drug-likeness (QED) is 0.0290. The van der Waals surface area contributed by atoms with Crippen molar-refractivity contribution in [1.82, 2.24) is 0 Å². The normalized spacial score (nSPS) is 12.9. The maximum Gasteiger partial charge on any atom is 0.296 e. The lowest BCUT2D eigenvalue weighted by Gasteiger charge is -2.13. The van der Waals surface area contributed by atoms with Crippen LogP contribution in [0.15, 0.2) is 94.6 Å². The van der Waals surface area contributed by atoms with Gasteiger partial charge in [-0.05, 0) is 60.0 Å². The number of phenolic OH excluding ortho intramolecular Hbond substituents is 2. The van der Waals surface area contributed by atoms with E-state index < -0.39 is 79.0 Å². The fourth-order valence-corrected chi connectivity index (χ4v) is 5.97. The molecule has 0 aliphatic rings. The van der Waals surface area contributed by atoms with Gasteiger partial charge in [-0.25, -0.2) is 5.26 Å². The predicted molar refractivity (Wildman–Crippen MR) is 153 cm³/mol. The number of nitrogens with zero attached hydrogens (tertiary/aromatic N) is 4. The Kier molecular flexibility index (Phi) is 9.40. The van der Waals surface area contributed by atoms with Crippen molar-refractivity contribution in [2.24, 2.45) is 20.5 Å². The Morgan fingerprint density at radius 2 is 1.29 bits per heavy atom. The summed E-state index contributed by atoms with van der Waals surface area (Å²) in [7, 11) is -14.6. The van der Waals surface area contributed by atoms with E-state index in [9.17, 15) is 44.6 Å². The van der Waals surface area contributed by atoms with Crippen LogP contribution in [0.4, 0.5) is 28.4 Å². The summed E-state index contributed by atoms with van der Waals surface area (Å²) in [5, 5.41) is 48.3. The molecule has 4 rings (SSSR count). The van der Waals surface area contributed by atoms with Crippen LogP contribution in [-0.2, 0) is 39.7 Å². The van der Waals surface area contributed by atoms with Crippen LogP contribution in [0.5, 0.6) is 11.5 Å². The Morgan fingerprint density at radius 3 is 1.87 bits per heavy atom. The Bertz CT molecular complexity index is 2210. The molecule has 19 nitrogen and oxygen atoms in total. The van der Waals surface area contributed by atoms with E-state index in [0.717, 1.165) is 48.5 Å². The van der Waals surface area contributed by atoms with Gasteiger partial charge in [-0.15, -0.1) is 19.7 Å². The molecular formula is C22H17N5O14S4. The molecule has 0 aromatic heterocycles. The fraction of sp³-hybridized carbons (Fsp3) is 0. The highest BCUT2D eigenvalue weighted by atomic mass is 32.2. The van der Waals surface area contributed by atoms with Gasteiger partial charge in [0.2, 0.25) is 0 Å². The molecule has 45 heavy (non-hydrogen) atoms. The Hall–Kier alpha value is -4.30. The van der Waals surface area contributed by atoms with E-state index in [0.29, 0.717) is 0 Å². The summed E-state index contributed by atoms with van der Waals surface area (Å²) in [4.78, 5) is -2.54. The Balaban J connectivity index is 1.96. The number of rotatable bonds is 10. The average Bonchev–Trinajstić information content (AvgIpc) is 2.94. The molecule has 0 atom stereocenters. The van der Waals surface area contributed by atoms with Gasteiger partial charge in [-0.1, -0.05) is 5.04 Å². The van der Waals surface area contributed by atoms with E-state index in [2.05, 4.69) is 29.8 Å². The molecule has 23 heteroatoms. The van der Waals surface area contributed by atoms with Crippen LogP contribution in [0.25, 0.3) is 10.8 Å². The van der Waals surface area contributed by atoms with Crippen LogP contribution < -0.4 is 5.73 Å². The summed E-state index contributed by atoms with van der Waals surface area (Å²) in [6, 6.07) is 8.99. The number of benzene rings is 4. The van der Waals surface area contributed by atoms with Crippen LogP contribution in [0.3, 0.4) is 0 Å². The highest BCUT2D eigenvalue weighted by Gasteiger charge is 2.27. The minimum atomic E-state index is -5.14. The number of anilines is 1. The highest BCUT2D eigenvalue weighted by Crippen LogP contribution is 2.51. The zero-order chi connectivity index (χ0) is 33.3. The maximum atomic E-state index is 12.2. The molecule has 0 aliphatic carbocycles. The summed E-state index contributed by atoms with van der Waals surface area (Å²) in [6.07, 6.45) is 0. The van der Waals surface area contributed by atoms with Gasteiger partial charge in [0.25, 0.3) is 30.4 Å². The predicted octanol–water partition coefficient (Wildman–Crippen LogP) is 4.83. The van der Waals surface area contributed by atoms with Crippen molar-refractivity contribution in [1.29, 1.82) is 0 Å². The molecule has 0 amide bonds. The van der Waals surface area contributed by atoms with Crippen molar-refractivity contribution in [2.45, 2.75) is 19.6 Å². The summed E-state index contributed by atoms with van der Waals surface area (Å²) >= 11 is 0.187. The average molecular weight is 704 g/mol. The molecule has 0 heterocycles. The van der Waals surface area contributed by atoms with Gasteiger partial charge in [-0.2, -0.15) is 30.4 Å². The third kappa shape index (κ3) is 7.51. The molecule has 0 spiro atoms. The first-order valence-corrected chi connectivity index (χ1v) is 16.4. The number of azo groups is 2. The van der Waals surface area contributed by atoms with Gasteiger partial charge < -0.3 is 15.9 Å². The fourth-order valence-electron chi connectivity index (χ4n) is 3.68. The van der Waals surface area contributed by atoms with Crippen LogP contribution in [0.2, 0.25) is 0 Å². The molecule has 4 aromatic rings. The van der Waals surface area contributed by atoms with Gasteiger partial charge in [0.05, 0.1) is 32.9 Å². The molecule has 8 N–H and O–H groups in total. The van der Waals surface area contributed by atoms with Crippen molar-refractivity contribution < 1.29 is 63.8 Å². The molecule has 0 radical (unpaired) electrons. The second-order valence-electron chi connectivity index (χ2n) is 8.51. The molecule has 0 saturated carbocycles. The first-order chi connectivity index (χ1) is 20.9. The smallest absolute Gasteiger partial charge is 0.296 e. The number of phenols is 2. The molecule has 0 saturated heterocycles. The standard InChI is InChI=1S/C22H17N5O14S4/c23-11-1-6-14(16(9-11)44(34,35)36)25-26-19-15(42-41-40-30)7-10-8-17(45(37,38)39)20(22(29)18(10)21(19)28)27-24-12-2-4-13(5-3-12)43(31,32)33/h1-9,28-30H,23H2,(H,31,32,33)(H,34,35,36)(H,37,38,39). The van der Waals surface area contributed by atoms with E-state index >= 15 is 0 Å². The van der Waals surface area contributed by atoms with Crippen molar-refractivity contribution in [3.05, 3.63) is 54.6 Å². The van der Waals surface area contributed by atoms with E-state index in [-0.39, 0.29) is 33.7 Å². The molecule has 0 fully saturated rings. The van der Waals surface area contributed by atoms with Crippen LogP contribution in [0, 0.1) is 0 Å². The summed E-state index contributed by atoms with van der Waals surface area (Å²) in [5.74, 6) is -2.02. The second-order valence-corrected chi connectivity index (χ2v) is 13.5. The van der Waals surface area contributed by atoms with Crippen LogP contribution in [-0.4, -0.2) is 54.4 Å². The lowest BCUT2D eigenvalue weighted by atomic mass is 10.1. The first-order valence-electron chi connectivity index (χ1n) is 11.4. The van der Waals surface area contributed by atoms with Gasteiger partial charge >= 0.3 is 0 Å². The van der Waals surface area contributed by atoms with Crippen molar-refractivity contribution >= 4 is 81.6 Å². The Morgan fingerprint density at radius 1 is 0.689 bits per heavy atom. The number of hydrogen-bond acceptors (Lipinski definition) is 17. The molecule has 0 bridgehead atoms. The van der Waals surface area contributed by atoms with Crippen LogP contribution >= 0.6 is 12.0 Å².